The maximum absolute atomic E-state index is 12.7. The highest BCUT2D eigenvalue weighted by molar-refractivity contribution is 5.79. The van der Waals surface area contributed by atoms with Crippen LogP contribution in [0.2, 0.25) is 0 Å². The van der Waals surface area contributed by atoms with Gasteiger partial charge in [0.05, 0.1) is 5.92 Å². The van der Waals surface area contributed by atoms with Crippen LogP contribution in [0, 0.1) is 11.8 Å². The Balaban J connectivity index is 1.57. The highest BCUT2D eigenvalue weighted by atomic mass is 16.2. The highest BCUT2D eigenvalue weighted by Gasteiger charge is 2.37. The Bertz CT molecular complexity index is 302. The first-order valence-electron chi connectivity index (χ1n) is 8.36. The highest BCUT2D eigenvalue weighted by Crippen LogP contribution is 2.33. The summed E-state index contributed by atoms with van der Waals surface area (Å²) >= 11 is 0. The van der Waals surface area contributed by atoms with Crippen LogP contribution < -0.4 is 5.32 Å². The van der Waals surface area contributed by atoms with Crippen LogP contribution in [0.15, 0.2) is 0 Å². The lowest BCUT2D eigenvalue weighted by Crippen LogP contribution is -2.45. The third-order valence-corrected chi connectivity index (χ3v) is 5.10. The average molecular weight is 264 g/mol. The molecule has 0 spiro atoms. The molecule has 3 nitrogen and oxygen atoms in total. The summed E-state index contributed by atoms with van der Waals surface area (Å²) in [5.74, 6) is 1.51. The number of carbonyl (C=O) groups excluding carboxylic acids is 1. The maximum Gasteiger partial charge on any atom is 0.227 e. The molecular formula is C16H28N2O. The number of rotatable bonds is 4. The molecule has 3 rings (SSSR count). The summed E-state index contributed by atoms with van der Waals surface area (Å²) in [6.07, 6.45) is 11.6. The Kier molecular flexibility index (Phi) is 4.42. The summed E-state index contributed by atoms with van der Waals surface area (Å²) < 4.78 is 0. The fraction of sp³-hybridized carbons (Fsp3) is 0.938. The predicted octanol–water partition coefficient (Wildman–Crippen LogP) is 2.56. The first-order valence-corrected chi connectivity index (χ1v) is 8.36. The summed E-state index contributed by atoms with van der Waals surface area (Å²) in [6.45, 7) is 3.06. The number of carbonyl (C=O) groups is 1. The van der Waals surface area contributed by atoms with Gasteiger partial charge >= 0.3 is 0 Å². The second-order valence-corrected chi connectivity index (χ2v) is 6.77. The molecule has 2 saturated carbocycles. The van der Waals surface area contributed by atoms with Crippen LogP contribution >= 0.6 is 0 Å². The molecule has 0 bridgehead atoms. The van der Waals surface area contributed by atoms with Crippen molar-refractivity contribution in [2.24, 2.45) is 11.8 Å². The minimum absolute atomic E-state index is 0.262. The van der Waals surface area contributed by atoms with Crippen molar-refractivity contribution >= 4 is 5.91 Å². The van der Waals surface area contributed by atoms with Crippen molar-refractivity contribution in [2.45, 2.75) is 63.8 Å². The van der Waals surface area contributed by atoms with Crippen LogP contribution in [0.1, 0.15) is 57.8 Å². The first-order chi connectivity index (χ1) is 9.34. The van der Waals surface area contributed by atoms with Gasteiger partial charge in [0.1, 0.15) is 0 Å². The third kappa shape index (κ3) is 3.50. The van der Waals surface area contributed by atoms with Crippen molar-refractivity contribution in [3.8, 4) is 0 Å². The standard InChI is InChI=1S/C16H28N2O/c19-16(14-7-4-10-17-11-14)18(15-8-9-15)12-13-5-2-1-3-6-13/h13-15,17H,1-12H2. The number of hydrogen-bond acceptors (Lipinski definition) is 2. The van der Waals surface area contributed by atoms with Crippen LogP contribution in [0.3, 0.4) is 0 Å². The van der Waals surface area contributed by atoms with Gasteiger partial charge in [0.25, 0.3) is 0 Å². The Morgan fingerprint density at radius 1 is 1.00 bits per heavy atom. The van der Waals surface area contributed by atoms with Crippen molar-refractivity contribution in [1.82, 2.24) is 10.2 Å². The van der Waals surface area contributed by atoms with Gasteiger partial charge in [0.2, 0.25) is 5.91 Å². The first kappa shape index (κ1) is 13.4. The molecule has 3 fully saturated rings. The molecule has 0 aromatic rings. The number of nitrogens with one attached hydrogen (secondary N) is 1. The zero-order valence-electron chi connectivity index (χ0n) is 12.1. The lowest BCUT2D eigenvalue weighted by atomic mass is 9.88. The van der Waals surface area contributed by atoms with E-state index in [4.69, 9.17) is 0 Å². The lowest BCUT2D eigenvalue weighted by Gasteiger charge is -2.33. The lowest BCUT2D eigenvalue weighted by molar-refractivity contribution is -0.137. The molecule has 1 N–H and O–H groups in total. The smallest absolute Gasteiger partial charge is 0.227 e. The van der Waals surface area contributed by atoms with Crippen molar-refractivity contribution in [1.29, 1.82) is 0 Å². The minimum Gasteiger partial charge on any atom is -0.339 e. The van der Waals surface area contributed by atoms with E-state index in [1.165, 1.54) is 51.4 Å². The SMILES string of the molecule is O=C(C1CCCNC1)N(CC1CCCCC1)C1CC1. The van der Waals surface area contributed by atoms with Gasteiger partial charge in [0, 0.05) is 19.1 Å². The summed E-state index contributed by atoms with van der Waals surface area (Å²) in [7, 11) is 0. The van der Waals surface area contributed by atoms with Gasteiger partial charge in [-0.25, -0.2) is 0 Å². The van der Waals surface area contributed by atoms with E-state index in [2.05, 4.69) is 10.2 Å². The molecule has 2 aliphatic carbocycles. The zero-order valence-corrected chi connectivity index (χ0v) is 12.1. The molecule has 3 aliphatic rings. The van der Waals surface area contributed by atoms with Crippen LogP contribution in [0.5, 0.6) is 0 Å². The molecule has 1 unspecified atom stereocenters. The van der Waals surface area contributed by atoms with Crippen molar-refractivity contribution in [3.05, 3.63) is 0 Å². The van der Waals surface area contributed by atoms with Crippen molar-refractivity contribution < 1.29 is 4.79 Å². The van der Waals surface area contributed by atoms with E-state index < -0.39 is 0 Å². The van der Waals surface area contributed by atoms with E-state index in [0.29, 0.717) is 11.9 Å². The molecule has 108 valence electrons. The molecule has 1 aliphatic heterocycles. The van der Waals surface area contributed by atoms with Crippen LogP contribution in [-0.2, 0) is 4.79 Å². The molecule has 0 radical (unpaired) electrons. The van der Waals surface area contributed by atoms with Gasteiger partial charge in [0.15, 0.2) is 0 Å². The van der Waals surface area contributed by atoms with Crippen molar-refractivity contribution in [3.63, 3.8) is 0 Å². The monoisotopic (exact) mass is 264 g/mol. The maximum atomic E-state index is 12.7. The summed E-state index contributed by atoms with van der Waals surface area (Å²) in [6, 6.07) is 0.594. The van der Waals surface area contributed by atoms with Gasteiger partial charge in [-0.05, 0) is 51.0 Å². The average Bonchev–Trinajstić information content (AvgIpc) is 3.31. The Morgan fingerprint density at radius 3 is 2.42 bits per heavy atom. The van der Waals surface area contributed by atoms with E-state index in [0.717, 1.165) is 32.0 Å². The van der Waals surface area contributed by atoms with Gasteiger partial charge in [-0.3, -0.25) is 4.79 Å². The Morgan fingerprint density at radius 2 is 1.79 bits per heavy atom. The zero-order chi connectivity index (χ0) is 13.1. The number of piperidine rings is 1. The van der Waals surface area contributed by atoms with Gasteiger partial charge < -0.3 is 10.2 Å². The largest absolute Gasteiger partial charge is 0.339 e. The van der Waals surface area contributed by atoms with Gasteiger partial charge in [-0.15, -0.1) is 0 Å². The van der Waals surface area contributed by atoms with E-state index >= 15 is 0 Å². The minimum atomic E-state index is 0.262. The number of nitrogens with zero attached hydrogens (tertiary/aromatic N) is 1. The number of amides is 1. The predicted molar refractivity (Wildman–Crippen MR) is 76.9 cm³/mol. The third-order valence-electron chi connectivity index (χ3n) is 5.10. The molecule has 1 amide bonds. The summed E-state index contributed by atoms with van der Waals surface area (Å²) in [5.41, 5.74) is 0. The molecule has 3 heteroatoms. The molecule has 19 heavy (non-hydrogen) atoms. The Labute approximate surface area is 117 Å². The van der Waals surface area contributed by atoms with Crippen LogP contribution in [0.4, 0.5) is 0 Å². The number of hydrogen-bond donors (Lipinski definition) is 1. The molecule has 1 heterocycles. The molecule has 0 aromatic heterocycles. The second-order valence-electron chi connectivity index (χ2n) is 6.77. The van der Waals surface area contributed by atoms with Crippen LogP contribution in [-0.4, -0.2) is 36.5 Å². The Hall–Kier alpha value is -0.570. The van der Waals surface area contributed by atoms with Crippen LogP contribution in [0.25, 0.3) is 0 Å². The van der Waals surface area contributed by atoms with Gasteiger partial charge in [-0.1, -0.05) is 19.3 Å². The molecule has 0 aromatic carbocycles. The van der Waals surface area contributed by atoms with E-state index in [1.54, 1.807) is 0 Å². The van der Waals surface area contributed by atoms with E-state index in [1.807, 2.05) is 0 Å². The summed E-state index contributed by atoms with van der Waals surface area (Å²) in [4.78, 5) is 15.0. The quantitative estimate of drug-likeness (QED) is 0.846. The van der Waals surface area contributed by atoms with E-state index in [9.17, 15) is 4.79 Å². The molecule has 1 atom stereocenters. The normalized spacial score (nSPS) is 29.2. The van der Waals surface area contributed by atoms with E-state index in [-0.39, 0.29) is 5.92 Å². The second kappa shape index (κ2) is 6.25. The topological polar surface area (TPSA) is 32.3 Å². The van der Waals surface area contributed by atoms with Gasteiger partial charge in [-0.2, -0.15) is 0 Å². The summed E-state index contributed by atoms with van der Waals surface area (Å²) in [5, 5.41) is 3.39. The molecular weight excluding hydrogens is 236 g/mol. The fourth-order valence-corrected chi connectivity index (χ4v) is 3.75. The van der Waals surface area contributed by atoms with Crippen molar-refractivity contribution in [2.75, 3.05) is 19.6 Å². The molecule has 1 saturated heterocycles. The fourth-order valence-electron chi connectivity index (χ4n) is 3.75.